The first kappa shape index (κ1) is 27.0. The van der Waals surface area contributed by atoms with Gasteiger partial charge in [0.2, 0.25) is 0 Å². The highest BCUT2D eigenvalue weighted by Gasteiger charge is 2.60. The van der Waals surface area contributed by atoms with Crippen molar-refractivity contribution in [3.8, 4) is 0 Å². The molecule has 4 nitrogen and oxygen atoms in total. The van der Waals surface area contributed by atoms with E-state index >= 15 is 0 Å². The summed E-state index contributed by atoms with van der Waals surface area (Å²) in [5.41, 5.74) is 0.998. The molecule has 0 bridgehead atoms. The second-order valence-corrected chi connectivity index (χ2v) is 13.6. The SMILES string of the molecule is CC(=O)OCCC(C)C1CC[C@@]2(C)C(CC[C@@H]3[C@H]2CC[C@]2(C)C(C(C)CCOC(C)=O)CC[C@@H]32)C1. The Morgan fingerprint density at radius 3 is 2.03 bits per heavy atom. The van der Waals surface area contributed by atoms with Gasteiger partial charge in [-0.25, -0.2) is 0 Å². The summed E-state index contributed by atoms with van der Waals surface area (Å²) in [6.07, 6.45) is 14.6. The molecule has 4 fully saturated rings. The summed E-state index contributed by atoms with van der Waals surface area (Å²) in [5, 5.41) is 0. The first-order valence-electron chi connectivity index (χ1n) is 14.8. The van der Waals surface area contributed by atoms with Crippen LogP contribution >= 0.6 is 0 Å². The summed E-state index contributed by atoms with van der Waals surface area (Å²) in [6, 6.07) is 0. The fraction of sp³-hybridized carbons (Fsp3) is 0.935. The quantitative estimate of drug-likeness (QED) is 0.333. The Morgan fingerprint density at radius 1 is 0.771 bits per heavy atom. The molecule has 200 valence electrons. The zero-order valence-corrected chi connectivity index (χ0v) is 23.4. The van der Waals surface area contributed by atoms with Crippen molar-refractivity contribution in [2.24, 2.45) is 58.2 Å². The average molecular weight is 489 g/mol. The Morgan fingerprint density at radius 2 is 1.37 bits per heavy atom. The molecule has 0 aromatic heterocycles. The number of carbonyl (C=O) groups is 2. The third-order valence-electron chi connectivity index (χ3n) is 12.0. The topological polar surface area (TPSA) is 52.6 Å². The Labute approximate surface area is 214 Å². The summed E-state index contributed by atoms with van der Waals surface area (Å²) >= 11 is 0. The molecule has 0 aromatic carbocycles. The highest BCUT2D eigenvalue weighted by molar-refractivity contribution is 5.66. The lowest BCUT2D eigenvalue weighted by atomic mass is 9.43. The van der Waals surface area contributed by atoms with Gasteiger partial charge < -0.3 is 9.47 Å². The first-order chi connectivity index (χ1) is 16.6. The highest BCUT2D eigenvalue weighted by atomic mass is 16.5. The summed E-state index contributed by atoms with van der Waals surface area (Å²) < 4.78 is 10.5. The molecular weight excluding hydrogens is 436 g/mol. The van der Waals surface area contributed by atoms with Crippen molar-refractivity contribution >= 4 is 11.9 Å². The molecule has 35 heavy (non-hydrogen) atoms. The third kappa shape index (κ3) is 5.33. The summed E-state index contributed by atoms with van der Waals surface area (Å²) in [4.78, 5) is 22.4. The number of fused-ring (bicyclic) bond motifs is 5. The second-order valence-electron chi connectivity index (χ2n) is 13.6. The van der Waals surface area contributed by atoms with Gasteiger partial charge in [0.1, 0.15) is 0 Å². The van der Waals surface area contributed by atoms with Crippen molar-refractivity contribution in [3.63, 3.8) is 0 Å². The van der Waals surface area contributed by atoms with Crippen LogP contribution in [0.3, 0.4) is 0 Å². The van der Waals surface area contributed by atoms with Gasteiger partial charge in [-0.2, -0.15) is 0 Å². The Hall–Kier alpha value is -1.06. The standard InChI is InChI=1S/C31H52O4/c1-20(13-17-34-22(3)32)24-11-15-30(5)25(19-24)7-8-26-28-10-9-27(21(2)14-18-35-23(4)33)31(28,6)16-12-29(26)30/h20-21,24-29H,7-19H2,1-6H3/t20?,21?,24?,25?,26-,27?,28-,29+,30-,31+/m0/s1. The molecule has 0 radical (unpaired) electrons. The monoisotopic (exact) mass is 488 g/mol. The minimum Gasteiger partial charge on any atom is -0.466 e. The summed E-state index contributed by atoms with van der Waals surface area (Å²) in [5.74, 6) is 6.16. The molecule has 0 aliphatic heterocycles. The number of hydrogen-bond donors (Lipinski definition) is 0. The molecular formula is C31H52O4. The van der Waals surface area contributed by atoms with Crippen LogP contribution in [0.4, 0.5) is 0 Å². The van der Waals surface area contributed by atoms with Gasteiger partial charge in [0, 0.05) is 13.8 Å². The normalized spacial score (nSPS) is 42.2. The van der Waals surface area contributed by atoms with Crippen molar-refractivity contribution < 1.29 is 19.1 Å². The van der Waals surface area contributed by atoms with E-state index in [1.54, 1.807) is 0 Å². The van der Waals surface area contributed by atoms with E-state index in [9.17, 15) is 9.59 Å². The molecule has 0 heterocycles. The van der Waals surface area contributed by atoms with Gasteiger partial charge in [-0.3, -0.25) is 9.59 Å². The molecule has 4 rings (SSSR count). The van der Waals surface area contributed by atoms with Gasteiger partial charge in [0.05, 0.1) is 13.2 Å². The van der Waals surface area contributed by atoms with Gasteiger partial charge in [-0.1, -0.05) is 27.7 Å². The zero-order chi connectivity index (χ0) is 25.4. The minimum atomic E-state index is -0.149. The Balaban J connectivity index is 1.38. The van der Waals surface area contributed by atoms with Crippen molar-refractivity contribution in [2.45, 2.75) is 112 Å². The third-order valence-corrected chi connectivity index (χ3v) is 12.0. The maximum Gasteiger partial charge on any atom is 0.302 e. The molecule has 5 unspecified atom stereocenters. The fourth-order valence-electron chi connectivity index (χ4n) is 10.00. The number of hydrogen-bond acceptors (Lipinski definition) is 4. The molecule has 0 aromatic rings. The van der Waals surface area contributed by atoms with Crippen molar-refractivity contribution in [2.75, 3.05) is 13.2 Å². The highest BCUT2D eigenvalue weighted by Crippen LogP contribution is 2.68. The molecule has 4 saturated carbocycles. The second kappa shape index (κ2) is 10.7. The number of esters is 2. The van der Waals surface area contributed by atoms with Crippen molar-refractivity contribution in [1.82, 2.24) is 0 Å². The van der Waals surface area contributed by atoms with Crippen LogP contribution < -0.4 is 0 Å². The van der Waals surface area contributed by atoms with E-state index in [2.05, 4.69) is 27.7 Å². The first-order valence-corrected chi connectivity index (χ1v) is 14.8. The smallest absolute Gasteiger partial charge is 0.302 e. The molecule has 4 heteroatoms. The molecule has 4 aliphatic carbocycles. The minimum absolute atomic E-state index is 0.147. The van der Waals surface area contributed by atoms with Crippen LogP contribution in [0.5, 0.6) is 0 Å². The lowest BCUT2D eigenvalue weighted by molar-refractivity contribution is -0.142. The lowest BCUT2D eigenvalue weighted by Gasteiger charge is -2.61. The van der Waals surface area contributed by atoms with Gasteiger partial charge in [-0.05, 0) is 129 Å². The van der Waals surface area contributed by atoms with Crippen LogP contribution in [0.2, 0.25) is 0 Å². The van der Waals surface area contributed by atoms with Crippen LogP contribution in [0.1, 0.15) is 112 Å². The van der Waals surface area contributed by atoms with Crippen LogP contribution in [-0.2, 0) is 19.1 Å². The average Bonchev–Trinajstić information content (AvgIpc) is 3.15. The van der Waals surface area contributed by atoms with Crippen molar-refractivity contribution in [1.29, 1.82) is 0 Å². The van der Waals surface area contributed by atoms with Crippen LogP contribution in [0, 0.1) is 58.2 Å². The molecule has 0 saturated heterocycles. The van der Waals surface area contributed by atoms with E-state index < -0.39 is 0 Å². The van der Waals surface area contributed by atoms with Crippen LogP contribution in [0.25, 0.3) is 0 Å². The number of carbonyl (C=O) groups excluding carboxylic acids is 2. The molecule has 0 amide bonds. The Kier molecular flexibility index (Phi) is 8.28. The van der Waals surface area contributed by atoms with E-state index in [-0.39, 0.29) is 11.9 Å². The van der Waals surface area contributed by atoms with Gasteiger partial charge in [-0.15, -0.1) is 0 Å². The predicted molar refractivity (Wildman–Crippen MR) is 140 cm³/mol. The number of ether oxygens (including phenoxy) is 2. The molecule has 4 aliphatic rings. The van der Waals surface area contributed by atoms with E-state index in [1.807, 2.05) is 0 Å². The predicted octanol–water partition coefficient (Wildman–Crippen LogP) is 7.44. The van der Waals surface area contributed by atoms with Gasteiger partial charge in [0.15, 0.2) is 0 Å². The van der Waals surface area contributed by atoms with Gasteiger partial charge in [0.25, 0.3) is 0 Å². The van der Waals surface area contributed by atoms with Crippen LogP contribution in [-0.4, -0.2) is 25.2 Å². The summed E-state index contributed by atoms with van der Waals surface area (Å²) in [6.45, 7) is 14.3. The summed E-state index contributed by atoms with van der Waals surface area (Å²) in [7, 11) is 0. The van der Waals surface area contributed by atoms with Gasteiger partial charge >= 0.3 is 11.9 Å². The molecule has 0 spiro atoms. The van der Waals surface area contributed by atoms with Crippen LogP contribution in [0.15, 0.2) is 0 Å². The molecule has 10 atom stereocenters. The maximum absolute atomic E-state index is 11.2. The van der Waals surface area contributed by atoms with E-state index in [0.717, 1.165) is 48.3 Å². The maximum atomic E-state index is 11.2. The Bertz CT molecular complexity index is 763. The van der Waals surface area contributed by atoms with E-state index in [0.29, 0.717) is 35.9 Å². The number of rotatable bonds is 8. The fourth-order valence-corrected chi connectivity index (χ4v) is 10.00. The van der Waals surface area contributed by atoms with E-state index in [1.165, 1.54) is 71.6 Å². The largest absolute Gasteiger partial charge is 0.466 e. The zero-order valence-electron chi connectivity index (χ0n) is 23.4. The van der Waals surface area contributed by atoms with Crippen molar-refractivity contribution in [3.05, 3.63) is 0 Å². The molecule has 0 N–H and O–H groups in total. The lowest BCUT2D eigenvalue weighted by Crippen LogP contribution is -2.54. The van der Waals surface area contributed by atoms with E-state index in [4.69, 9.17) is 9.47 Å².